The molecule has 0 unspecified atom stereocenters. The molecule has 0 saturated heterocycles. The fourth-order valence-electron chi connectivity index (χ4n) is 2.28. The summed E-state index contributed by atoms with van der Waals surface area (Å²) in [5.41, 5.74) is 5.45. The molecule has 20 heavy (non-hydrogen) atoms. The molecular formula is C16H34N2O2. The SMILES string of the molecule is CCCCCCCN(CCCO)C(=O)CCCCCN. The molecule has 3 N–H and O–H groups in total. The number of carbonyl (C=O) groups is 1. The molecule has 0 aromatic rings. The maximum atomic E-state index is 12.1. The van der Waals surface area contributed by atoms with E-state index in [4.69, 9.17) is 10.8 Å². The van der Waals surface area contributed by atoms with Crippen LogP contribution in [-0.2, 0) is 4.79 Å². The third-order valence-electron chi connectivity index (χ3n) is 3.57. The molecule has 1 amide bonds. The first-order valence-corrected chi connectivity index (χ1v) is 8.35. The van der Waals surface area contributed by atoms with Gasteiger partial charge in [0.2, 0.25) is 5.91 Å². The molecule has 4 nitrogen and oxygen atoms in total. The smallest absolute Gasteiger partial charge is 0.222 e. The van der Waals surface area contributed by atoms with Gasteiger partial charge in [-0.3, -0.25) is 4.79 Å². The van der Waals surface area contributed by atoms with Crippen molar-refractivity contribution in [3.63, 3.8) is 0 Å². The Kier molecular flexibility index (Phi) is 14.3. The highest BCUT2D eigenvalue weighted by molar-refractivity contribution is 5.76. The number of hydrogen-bond acceptors (Lipinski definition) is 3. The van der Waals surface area contributed by atoms with Gasteiger partial charge in [0.15, 0.2) is 0 Å². The van der Waals surface area contributed by atoms with Gasteiger partial charge in [-0.2, -0.15) is 0 Å². The van der Waals surface area contributed by atoms with Crippen molar-refractivity contribution in [1.82, 2.24) is 4.90 Å². The van der Waals surface area contributed by atoms with Crippen LogP contribution in [0, 0.1) is 0 Å². The molecule has 0 atom stereocenters. The summed E-state index contributed by atoms with van der Waals surface area (Å²) in [6.07, 6.45) is 10.3. The van der Waals surface area contributed by atoms with Gasteiger partial charge in [0, 0.05) is 26.1 Å². The van der Waals surface area contributed by atoms with Crippen LogP contribution in [0.25, 0.3) is 0 Å². The number of rotatable bonds is 14. The average molecular weight is 286 g/mol. The first-order chi connectivity index (χ1) is 9.76. The molecule has 0 heterocycles. The minimum absolute atomic E-state index is 0.160. The van der Waals surface area contributed by atoms with E-state index < -0.39 is 0 Å². The molecule has 0 bridgehead atoms. The van der Waals surface area contributed by atoms with Gasteiger partial charge in [0.1, 0.15) is 0 Å². The largest absolute Gasteiger partial charge is 0.396 e. The summed E-state index contributed by atoms with van der Waals surface area (Å²) in [6, 6.07) is 0. The second-order valence-electron chi connectivity index (χ2n) is 5.47. The number of nitrogens with two attached hydrogens (primary N) is 1. The third-order valence-corrected chi connectivity index (χ3v) is 3.57. The van der Waals surface area contributed by atoms with Gasteiger partial charge >= 0.3 is 0 Å². The molecule has 0 aliphatic heterocycles. The van der Waals surface area contributed by atoms with Gasteiger partial charge < -0.3 is 15.7 Å². The van der Waals surface area contributed by atoms with Crippen molar-refractivity contribution in [3.05, 3.63) is 0 Å². The lowest BCUT2D eigenvalue weighted by atomic mass is 10.1. The van der Waals surface area contributed by atoms with Crippen molar-refractivity contribution in [3.8, 4) is 0 Å². The van der Waals surface area contributed by atoms with Crippen molar-refractivity contribution >= 4 is 5.91 Å². The number of carbonyl (C=O) groups excluding carboxylic acids is 1. The van der Waals surface area contributed by atoms with Gasteiger partial charge in [-0.25, -0.2) is 0 Å². The lowest BCUT2D eigenvalue weighted by Crippen LogP contribution is -2.33. The zero-order chi connectivity index (χ0) is 15.1. The topological polar surface area (TPSA) is 66.6 Å². The normalized spacial score (nSPS) is 10.8. The second-order valence-corrected chi connectivity index (χ2v) is 5.47. The summed E-state index contributed by atoms with van der Waals surface area (Å²) in [5, 5.41) is 8.93. The highest BCUT2D eigenvalue weighted by atomic mass is 16.3. The summed E-state index contributed by atoms with van der Waals surface area (Å²) in [4.78, 5) is 14.1. The fraction of sp³-hybridized carbons (Fsp3) is 0.938. The molecule has 0 rings (SSSR count). The molecule has 0 fully saturated rings. The van der Waals surface area contributed by atoms with Gasteiger partial charge in [0.25, 0.3) is 0 Å². The van der Waals surface area contributed by atoms with Crippen LogP contribution < -0.4 is 5.73 Å². The molecule has 0 radical (unpaired) electrons. The van der Waals surface area contributed by atoms with Crippen molar-refractivity contribution in [1.29, 1.82) is 0 Å². The quantitative estimate of drug-likeness (QED) is 0.482. The van der Waals surface area contributed by atoms with E-state index in [0.29, 0.717) is 25.9 Å². The lowest BCUT2D eigenvalue weighted by Gasteiger charge is -2.22. The summed E-state index contributed by atoms with van der Waals surface area (Å²) >= 11 is 0. The van der Waals surface area contributed by atoms with Crippen LogP contribution in [0.3, 0.4) is 0 Å². The molecule has 0 spiro atoms. The van der Waals surface area contributed by atoms with Crippen molar-refractivity contribution in [2.75, 3.05) is 26.2 Å². The van der Waals surface area contributed by atoms with E-state index in [1.807, 2.05) is 4.90 Å². The second kappa shape index (κ2) is 14.8. The maximum absolute atomic E-state index is 12.1. The number of unbranched alkanes of at least 4 members (excludes halogenated alkanes) is 6. The van der Waals surface area contributed by atoms with Crippen LogP contribution in [0.5, 0.6) is 0 Å². The van der Waals surface area contributed by atoms with Gasteiger partial charge in [-0.1, -0.05) is 39.0 Å². The van der Waals surface area contributed by atoms with Crippen molar-refractivity contribution in [2.24, 2.45) is 5.73 Å². The predicted octanol–water partition coefficient (Wildman–Crippen LogP) is 2.69. The summed E-state index contributed by atoms with van der Waals surface area (Å²) in [6.45, 7) is 4.62. The van der Waals surface area contributed by atoms with Crippen LogP contribution in [0.15, 0.2) is 0 Å². The highest BCUT2D eigenvalue weighted by Gasteiger charge is 2.12. The van der Waals surface area contributed by atoms with Crippen molar-refractivity contribution in [2.45, 2.75) is 71.1 Å². The minimum atomic E-state index is 0.160. The Labute approximate surface area is 124 Å². The zero-order valence-electron chi connectivity index (χ0n) is 13.3. The van der Waals surface area contributed by atoms with Gasteiger partial charge in [-0.05, 0) is 32.2 Å². The molecule has 0 aromatic carbocycles. The van der Waals surface area contributed by atoms with Crippen molar-refractivity contribution < 1.29 is 9.90 Å². The first kappa shape index (κ1) is 19.4. The fourth-order valence-corrected chi connectivity index (χ4v) is 2.28. The van der Waals surface area contributed by atoms with Crippen LogP contribution in [0.1, 0.15) is 71.1 Å². The predicted molar refractivity (Wildman–Crippen MR) is 84.6 cm³/mol. The number of aliphatic hydroxyl groups excluding tert-OH is 1. The van der Waals surface area contributed by atoms with E-state index in [2.05, 4.69) is 6.92 Å². The Morgan fingerprint density at radius 3 is 2.25 bits per heavy atom. The molecule has 4 heteroatoms. The average Bonchev–Trinajstić information content (AvgIpc) is 2.46. The van der Waals surface area contributed by atoms with E-state index in [0.717, 1.165) is 32.2 Å². The van der Waals surface area contributed by atoms with Gasteiger partial charge in [0.05, 0.1) is 0 Å². The molecule has 120 valence electrons. The number of hydrogen-bond donors (Lipinski definition) is 2. The first-order valence-electron chi connectivity index (χ1n) is 8.35. The molecular weight excluding hydrogens is 252 g/mol. The van der Waals surface area contributed by atoms with E-state index in [9.17, 15) is 4.79 Å². The number of amides is 1. The number of nitrogens with zero attached hydrogens (tertiary/aromatic N) is 1. The van der Waals surface area contributed by atoms with Crippen LogP contribution in [0.4, 0.5) is 0 Å². The Hall–Kier alpha value is -0.610. The third kappa shape index (κ3) is 11.2. The molecule has 0 aliphatic rings. The van der Waals surface area contributed by atoms with E-state index in [-0.39, 0.29) is 12.5 Å². The van der Waals surface area contributed by atoms with Crippen LogP contribution in [-0.4, -0.2) is 42.2 Å². The van der Waals surface area contributed by atoms with E-state index in [1.165, 1.54) is 25.7 Å². The summed E-state index contributed by atoms with van der Waals surface area (Å²) in [7, 11) is 0. The van der Waals surface area contributed by atoms with E-state index >= 15 is 0 Å². The van der Waals surface area contributed by atoms with Crippen LogP contribution >= 0.6 is 0 Å². The Balaban J connectivity index is 3.88. The number of aliphatic hydroxyl groups is 1. The Morgan fingerprint density at radius 2 is 1.60 bits per heavy atom. The molecule has 0 aliphatic carbocycles. The standard InChI is InChI=1S/C16H34N2O2/c1-2-3-4-5-9-13-18(14-10-15-19)16(20)11-7-6-8-12-17/h19H,2-15,17H2,1H3. The minimum Gasteiger partial charge on any atom is -0.396 e. The molecule has 0 saturated carbocycles. The Bertz CT molecular complexity index is 223. The van der Waals surface area contributed by atoms with Gasteiger partial charge in [-0.15, -0.1) is 0 Å². The lowest BCUT2D eigenvalue weighted by molar-refractivity contribution is -0.131. The maximum Gasteiger partial charge on any atom is 0.222 e. The summed E-state index contributed by atoms with van der Waals surface area (Å²) < 4.78 is 0. The van der Waals surface area contributed by atoms with Crippen LogP contribution in [0.2, 0.25) is 0 Å². The monoisotopic (exact) mass is 286 g/mol. The van der Waals surface area contributed by atoms with E-state index in [1.54, 1.807) is 0 Å². The molecule has 0 aromatic heterocycles. The summed E-state index contributed by atoms with van der Waals surface area (Å²) in [5.74, 6) is 0.242. The zero-order valence-corrected chi connectivity index (χ0v) is 13.3. The Morgan fingerprint density at radius 1 is 0.950 bits per heavy atom. The highest BCUT2D eigenvalue weighted by Crippen LogP contribution is 2.08.